The molecule has 5 nitrogen and oxygen atoms in total. The predicted molar refractivity (Wildman–Crippen MR) is 66.4 cm³/mol. The molecular formula is C11H19NO4S. The van der Waals surface area contributed by atoms with Crippen LogP contribution < -0.4 is 0 Å². The largest absolute Gasteiger partial charge is 0.480 e. The Hall–Kier alpha value is -0.750. The highest BCUT2D eigenvalue weighted by Crippen LogP contribution is 2.35. The first-order valence-corrected chi connectivity index (χ1v) is 6.71. The van der Waals surface area contributed by atoms with Crippen molar-refractivity contribution in [3.05, 3.63) is 0 Å². The van der Waals surface area contributed by atoms with Crippen molar-refractivity contribution in [3.63, 3.8) is 0 Å². The summed E-state index contributed by atoms with van der Waals surface area (Å²) in [5.74, 6) is -0.0964. The number of nitrogens with zero attached hydrogens (tertiary/aromatic N) is 1. The van der Waals surface area contributed by atoms with Crippen LogP contribution in [0.5, 0.6) is 0 Å². The molecule has 0 aromatic rings. The highest BCUT2D eigenvalue weighted by molar-refractivity contribution is 7.99. The molecule has 1 fully saturated rings. The van der Waals surface area contributed by atoms with Gasteiger partial charge in [-0.25, -0.2) is 0 Å². The zero-order valence-corrected chi connectivity index (χ0v) is 11.0. The van der Waals surface area contributed by atoms with Crippen molar-refractivity contribution < 1.29 is 19.8 Å². The van der Waals surface area contributed by atoms with Crippen molar-refractivity contribution >= 4 is 23.7 Å². The SMILES string of the molecule is CC1(C)CSCC(N(CC(=O)O)CC(=O)O)C1. The van der Waals surface area contributed by atoms with Crippen LogP contribution >= 0.6 is 11.8 Å². The number of rotatable bonds is 5. The third kappa shape index (κ3) is 4.95. The summed E-state index contributed by atoms with van der Waals surface area (Å²) >= 11 is 1.76. The Morgan fingerprint density at radius 2 is 1.82 bits per heavy atom. The third-order valence-electron chi connectivity index (χ3n) is 2.78. The Morgan fingerprint density at radius 3 is 2.24 bits per heavy atom. The van der Waals surface area contributed by atoms with E-state index in [9.17, 15) is 9.59 Å². The Kier molecular flexibility index (Phi) is 4.82. The van der Waals surface area contributed by atoms with Crippen molar-refractivity contribution in [1.29, 1.82) is 0 Å². The van der Waals surface area contributed by atoms with E-state index >= 15 is 0 Å². The molecule has 0 aromatic heterocycles. The normalized spacial score (nSPS) is 23.6. The van der Waals surface area contributed by atoms with E-state index in [1.807, 2.05) is 0 Å². The molecule has 1 rings (SSSR count). The average molecular weight is 261 g/mol. The smallest absolute Gasteiger partial charge is 0.317 e. The van der Waals surface area contributed by atoms with Gasteiger partial charge in [-0.3, -0.25) is 14.5 Å². The van der Waals surface area contributed by atoms with Gasteiger partial charge < -0.3 is 10.2 Å². The zero-order chi connectivity index (χ0) is 13.1. The summed E-state index contributed by atoms with van der Waals surface area (Å²) in [6.07, 6.45) is 0.848. The van der Waals surface area contributed by atoms with Crippen LogP contribution in [-0.4, -0.2) is 57.7 Å². The first kappa shape index (κ1) is 14.3. The van der Waals surface area contributed by atoms with Gasteiger partial charge in [-0.1, -0.05) is 13.8 Å². The minimum Gasteiger partial charge on any atom is -0.480 e. The summed E-state index contributed by atoms with van der Waals surface area (Å²) in [7, 11) is 0. The molecule has 0 saturated carbocycles. The van der Waals surface area contributed by atoms with Crippen LogP contribution in [-0.2, 0) is 9.59 Å². The van der Waals surface area contributed by atoms with Crippen molar-refractivity contribution in [3.8, 4) is 0 Å². The Labute approximate surface area is 105 Å². The predicted octanol–water partition coefficient (Wildman–Crippen LogP) is 0.989. The van der Waals surface area contributed by atoms with Crippen molar-refractivity contribution in [2.24, 2.45) is 5.41 Å². The first-order chi connectivity index (χ1) is 7.80. The summed E-state index contributed by atoms with van der Waals surface area (Å²) in [5, 5.41) is 17.6. The number of hydrogen-bond donors (Lipinski definition) is 2. The van der Waals surface area contributed by atoms with Crippen LogP contribution in [0.25, 0.3) is 0 Å². The molecule has 98 valence electrons. The van der Waals surface area contributed by atoms with E-state index in [0.29, 0.717) is 0 Å². The lowest BCUT2D eigenvalue weighted by molar-refractivity contribution is -0.143. The molecule has 1 saturated heterocycles. The van der Waals surface area contributed by atoms with Gasteiger partial charge in [0.15, 0.2) is 0 Å². The molecule has 0 aliphatic carbocycles. The molecular weight excluding hydrogens is 242 g/mol. The number of carbonyl (C=O) groups is 2. The average Bonchev–Trinajstić information content (AvgIpc) is 2.13. The van der Waals surface area contributed by atoms with E-state index in [0.717, 1.165) is 17.9 Å². The molecule has 0 aromatic carbocycles. The van der Waals surface area contributed by atoms with Gasteiger partial charge in [-0.2, -0.15) is 11.8 Å². The van der Waals surface area contributed by atoms with Crippen molar-refractivity contribution in [2.75, 3.05) is 24.6 Å². The van der Waals surface area contributed by atoms with Crippen LogP contribution in [0.3, 0.4) is 0 Å². The number of carboxylic acids is 2. The second kappa shape index (κ2) is 5.73. The van der Waals surface area contributed by atoms with Gasteiger partial charge >= 0.3 is 11.9 Å². The number of hydrogen-bond acceptors (Lipinski definition) is 4. The van der Waals surface area contributed by atoms with Gasteiger partial charge in [0.05, 0.1) is 13.1 Å². The molecule has 0 bridgehead atoms. The van der Waals surface area contributed by atoms with Crippen molar-refractivity contribution in [2.45, 2.75) is 26.3 Å². The molecule has 1 aliphatic heterocycles. The molecule has 17 heavy (non-hydrogen) atoms. The lowest BCUT2D eigenvalue weighted by Gasteiger charge is -2.39. The molecule has 1 aliphatic rings. The van der Waals surface area contributed by atoms with E-state index in [1.54, 1.807) is 16.7 Å². The standard InChI is InChI=1S/C11H19NO4S/c1-11(2)3-8(6-17-7-11)12(4-9(13)14)5-10(15)16/h8H,3-7H2,1-2H3,(H,13,14)(H,15,16). The van der Waals surface area contributed by atoms with Crippen LogP contribution in [0.15, 0.2) is 0 Å². The molecule has 6 heteroatoms. The maximum atomic E-state index is 10.8. The summed E-state index contributed by atoms with van der Waals surface area (Å²) in [6, 6.07) is 0.0379. The van der Waals surface area contributed by atoms with E-state index in [-0.39, 0.29) is 24.5 Å². The van der Waals surface area contributed by atoms with E-state index in [4.69, 9.17) is 10.2 Å². The van der Waals surface area contributed by atoms with Gasteiger partial charge in [0, 0.05) is 11.8 Å². The number of carboxylic acid groups (broad SMARTS) is 2. The van der Waals surface area contributed by atoms with E-state index < -0.39 is 11.9 Å². The summed E-state index contributed by atoms with van der Waals surface area (Å²) in [4.78, 5) is 23.1. The molecule has 0 spiro atoms. The van der Waals surface area contributed by atoms with Gasteiger partial charge in [-0.05, 0) is 17.6 Å². The van der Waals surface area contributed by atoms with Crippen LogP contribution in [0.2, 0.25) is 0 Å². The maximum absolute atomic E-state index is 10.8. The Bertz CT molecular complexity index is 290. The monoisotopic (exact) mass is 261 g/mol. The van der Waals surface area contributed by atoms with E-state index in [2.05, 4.69) is 13.8 Å². The van der Waals surface area contributed by atoms with Gasteiger partial charge in [0.25, 0.3) is 0 Å². The minimum atomic E-state index is -0.973. The Balaban J connectivity index is 2.67. The summed E-state index contributed by atoms with van der Waals surface area (Å²) in [5.41, 5.74) is 0.142. The molecule has 1 heterocycles. The summed E-state index contributed by atoms with van der Waals surface area (Å²) in [6.45, 7) is 3.86. The van der Waals surface area contributed by atoms with Crippen LogP contribution in [0.1, 0.15) is 20.3 Å². The Morgan fingerprint density at radius 1 is 1.29 bits per heavy atom. The van der Waals surface area contributed by atoms with Crippen LogP contribution in [0.4, 0.5) is 0 Å². The highest BCUT2D eigenvalue weighted by atomic mass is 32.2. The summed E-state index contributed by atoms with van der Waals surface area (Å²) < 4.78 is 0. The van der Waals surface area contributed by atoms with Crippen molar-refractivity contribution in [1.82, 2.24) is 4.90 Å². The topological polar surface area (TPSA) is 77.8 Å². The fourth-order valence-corrected chi connectivity index (χ4v) is 3.51. The fraction of sp³-hybridized carbons (Fsp3) is 0.818. The number of thioether (sulfide) groups is 1. The lowest BCUT2D eigenvalue weighted by atomic mass is 9.87. The fourth-order valence-electron chi connectivity index (χ4n) is 2.12. The third-order valence-corrected chi connectivity index (χ3v) is 4.39. The quantitative estimate of drug-likeness (QED) is 0.768. The molecule has 0 radical (unpaired) electrons. The molecule has 1 unspecified atom stereocenters. The number of aliphatic carboxylic acids is 2. The second-order valence-corrected chi connectivity index (χ2v) is 6.26. The lowest BCUT2D eigenvalue weighted by Crippen LogP contribution is -2.47. The second-order valence-electron chi connectivity index (χ2n) is 5.23. The van der Waals surface area contributed by atoms with Crippen LogP contribution in [0, 0.1) is 5.41 Å². The minimum absolute atomic E-state index is 0.0379. The van der Waals surface area contributed by atoms with Gasteiger partial charge in [0.1, 0.15) is 0 Å². The molecule has 1 atom stereocenters. The van der Waals surface area contributed by atoms with Gasteiger partial charge in [0.2, 0.25) is 0 Å². The van der Waals surface area contributed by atoms with E-state index in [1.165, 1.54) is 0 Å². The maximum Gasteiger partial charge on any atom is 0.317 e. The first-order valence-electron chi connectivity index (χ1n) is 5.55. The molecule has 2 N–H and O–H groups in total. The molecule has 0 amide bonds. The zero-order valence-electron chi connectivity index (χ0n) is 10.2. The van der Waals surface area contributed by atoms with Gasteiger partial charge in [-0.15, -0.1) is 0 Å². The highest BCUT2D eigenvalue weighted by Gasteiger charge is 2.33.